The van der Waals surface area contributed by atoms with E-state index in [0.717, 1.165) is 31.5 Å². The fourth-order valence-corrected chi connectivity index (χ4v) is 3.88. The first-order valence-corrected chi connectivity index (χ1v) is 7.85. The van der Waals surface area contributed by atoms with Crippen LogP contribution in [0.1, 0.15) is 32.6 Å². The van der Waals surface area contributed by atoms with Crippen molar-refractivity contribution >= 4 is 11.7 Å². The molecular weight excluding hydrogens is 269 g/mol. The van der Waals surface area contributed by atoms with Gasteiger partial charge in [0.05, 0.1) is 6.61 Å². The van der Waals surface area contributed by atoms with Crippen molar-refractivity contribution in [1.29, 1.82) is 0 Å². The molecule has 0 spiro atoms. The highest BCUT2D eigenvalue weighted by molar-refractivity contribution is 5.69. The summed E-state index contributed by atoms with van der Waals surface area (Å²) >= 11 is 0. The van der Waals surface area contributed by atoms with Gasteiger partial charge in [0.15, 0.2) is 0 Å². The predicted octanol–water partition coefficient (Wildman–Crippen LogP) is 3.38. The molecule has 0 aromatic heterocycles. The fraction of sp³-hybridized carbons (Fsp3) is 0.588. The van der Waals surface area contributed by atoms with Gasteiger partial charge in [0, 0.05) is 24.7 Å². The van der Waals surface area contributed by atoms with E-state index in [9.17, 15) is 9.18 Å². The van der Waals surface area contributed by atoms with Crippen molar-refractivity contribution in [2.75, 3.05) is 18.1 Å². The second-order valence-corrected chi connectivity index (χ2v) is 6.13. The summed E-state index contributed by atoms with van der Waals surface area (Å²) in [7, 11) is 0. The van der Waals surface area contributed by atoms with E-state index in [1.54, 1.807) is 12.1 Å². The Morgan fingerprint density at radius 3 is 3.05 bits per heavy atom. The Morgan fingerprint density at radius 2 is 2.29 bits per heavy atom. The first-order chi connectivity index (χ1) is 10.2. The quantitative estimate of drug-likeness (QED) is 0.796. The molecule has 3 atom stereocenters. The van der Waals surface area contributed by atoms with Crippen LogP contribution in [0.2, 0.25) is 0 Å². The standard InChI is InChI=1S/C17H22FNO2/c1-2-21-17(20)9-12-6-7-16-8-13(12)11-19(16)15-5-3-4-14(18)10-15/h3-5,10,12-13,16H,2,6-9,11H2,1H3. The molecule has 3 unspecified atom stereocenters. The van der Waals surface area contributed by atoms with Crippen molar-refractivity contribution in [3.63, 3.8) is 0 Å². The third kappa shape index (κ3) is 3.04. The predicted molar refractivity (Wildman–Crippen MR) is 79.6 cm³/mol. The van der Waals surface area contributed by atoms with E-state index in [-0.39, 0.29) is 11.8 Å². The number of benzene rings is 1. The Bertz CT molecular complexity index is 519. The highest BCUT2D eigenvalue weighted by atomic mass is 19.1. The number of esters is 1. The lowest BCUT2D eigenvalue weighted by Gasteiger charge is -2.28. The van der Waals surface area contributed by atoms with Gasteiger partial charge in [0.25, 0.3) is 0 Å². The van der Waals surface area contributed by atoms with Crippen molar-refractivity contribution in [2.45, 2.75) is 38.6 Å². The van der Waals surface area contributed by atoms with Gasteiger partial charge in [-0.05, 0) is 56.2 Å². The first-order valence-electron chi connectivity index (χ1n) is 7.85. The molecule has 2 fully saturated rings. The number of rotatable bonds is 4. The Labute approximate surface area is 125 Å². The van der Waals surface area contributed by atoms with Crippen molar-refractivity contribution < 1.29 is 13.9 Å². The normalized spacial score (nSPS) is 27.7. The van der Waals surface area contributed by atoms with E-state index in [1.165, 1.54) is 6.07 Å². The summed E-state index contributed by atoms with van der Waals surface area (Å²) in [4.78, 5) is 14.0. The summed E-state index contributed by atoms with van der Waals surface area (Å²) in [5.41, 5.74) is 0.972. The zero-order valence-corrected chi connectivity index (χ0v) is 12.4. The van der Waals surface area contributed by atoms with Gasteiger partial charge in [-0.1, -0.05) is 6.07 Å². The van der Waals surface area contributed by atoms with Crippen molar-refractivity contribution in [2.24, 2.45) is 11.8 Å². The highest BCUT2D eigenvalue weighted by Crippen LogP contribution is 2.43. The van der Waals surface area contributed by atoms with Gasteiger partial charge in [-0.3, -0.25) is 4.79 Å². The van der Waals surface area contributed by atoms with Gasteiger partial charge in [-0.25, -0.2) is 4.39 Å². The van der Waals surface area contributed by atoms with Crippen molar-refractivity contribution in [3.05, 3.63) is 30.1 Å². The Morgan fingerprint density at radius 1 is 1.43 bits per heavy atom. The topological polar surface area (TPSA) is 29.5 Å². The molecule has 3 rings (SSSR count). The van der Waals surface area contributed by atoms with Crippen LogP contribution in [0.4, 0.5) is 10.1 Å². The maximum atomic E-state index is 13.4. The van der Waals surface area contributed by atoms with Gasteiger partial charge < -0.3 is 9.64 Å². The third-order valence-corrected chi connectivity index (χ3v) is 4.86. The molecule has 3 nitrogen and oxygen atoms in total. The molecule has 0 N–H and O–H groups in total. The summed E-state index contributed by atoms with van der Waals surface area (Å²) in [6, 6.07) is 7.33. The van der Waals surface area contributed by atoms with Crippen molar-refractivity contribution in [1.82, 2.24) is 0 Å². The SMILES string of the molecule is CCOC(=O)CC1CCC2CC1CN2c1cccc(F)c1. The molecule has 0 amide bonds. The van der Waals surface area contributed by atoms with Crippen LogP contribution in [0.15, 0.2) is 24.3 Å². The van der Waals surface area contributed by atoms with Crippen LogP contribution in [-0.4, -0.2) is 25.2 Å². The maximum Gasteiger partial charge on any atom is 0.306 e. The summed E-state index contributed by atoms with van der Waals surface area (Å²) in [6.07, 6.45) is 3.79. The molecule has 2 aliphatic rings. The van der Waals surface area contributed by atoms with E-state index in [2.05, 4.69) is 4.90 Å². The minimum Gasteiger partial charge on any atom is -0.466 e. The number of halogens is 1. The van der Waals surface area contributed by atoms with E-state index in [4.69, 9.17) is 4.74 Å². The molecule has 114 valence electrons. The minimum absolute atomic E-state index is 0.0786. The van der Waals surface area contributed by atoms with Crippen molar-refractivity contribution in [3.8, 4) is 0 Å². The highest BCUT2D eigenvalue weighted by Gasteiger charge is 2.41. The van der Waals surface area contributed by atoms with Crippen LogP contribution < -0.4 is 4.90 Å². The second-order valence-electron chi connectivity index (χ2n) is 6.13. The zero-order chi connectivity index (χ0) is 14.8. The molecule has 1 aliphatic heterocycles. The molecular formula is C17H22FNO2. The largest absolute Gasteiger partial charge is 0.466 e. The number of nitrogens with zero attached hydrogens (tertiary/aromatic N) is 1. The third-order valence-electron chi connectivity index (χ3n) is 4.86. The number of carbonyl (C=O) groups excluding carboxylic acids is 1. The van der Waals surface area contributed by atoms with Crippen LogP contribution >= 0.6 is 0 Å². The molecule has 1 aromatic carbocycles. The number of ether oxygens (including phenoxy) is 1. The van der Waals surface area contributed by atoms with Gasteiger partial charge >= 0.3 is 5.97 Å². The molecule has 21 heavy (non-hydrogen) atoms. The monoisotopic (exact) mass is 291 g/mol. The first kappa shape index (κ1) is 14.4. The van der Waals surface area contributed by atoms with Gasteiger partial charge in [0.1, 0.15) is 5.82 Å². The Kier molecular flexibility index (Phi) is 4.13. The molecule has 1 saturated carbocycles. The molecule has 1 aliphatic carbocycles. The Balaban J connectivity index is 1.67. The van der Waals surface area contributed by atoms with Crippen LogP contribution in [-0.2, 0) is 9.53 Å². The molecule has 1 aromatic rings. The number of fused-ring (bicyclic) bond motifs is 2. The fourth-order valence-electron chi connectivity index (χ4n) is 3.88. The molecule has 2 bridgehead atoms. The summed E-state index contributed by atoms with van der Waals surface area (Å²) < 4.78 is 18.5. The van der Waals surface area contributed by atoms with E-state index >= 15 is 0 Å². The minimum atomic E-state index is -0.183. The average molecular weight is 291 g/mol. The average Bonchev–Trinajstić information content (AvgIpc) is 2.81. The van der Waals surface area contributed by atoms with E-state index in [1.807, 2.05) is 13.0 Å². The van der Waals surface area contributed by atoms with Gasteiger partial charge in [-0.15, -0.1) is 0 Å². The number of hydrogen-bond acceptors (Lipinski definition) is 3. The van der Waals surface area contributed by atoms with Crippen LogP contribution in [0, 0.1) is 17.7 Å². The summed E-state index contributed by atoms with van der Waals surface area (Å²) in [6.45, 7) is 3.22. The second kappa shape index (κ2) is 6.04. The lowest BCUT2D eigenvalue weighted by atomic mass is 9.78. The van der Waals surface area contributed by atoms with Crippen LogP contribution in [0.5, 0.6) is 0 Å². The lowest BCUT2D eigenvalue weighted by molar-refractivity contribution is -0.144. The van der Waals surface area contributed by atoms with E-state index < -0.39 is 0 Å². The smallest absolute Gasteiger partial charge is 0.306 e. The number of hydrogen-bond donors (Lipinski definition) is 0. The summed E-state index contributed by atoms with van der Waals surface area (Å²) in [5, 5.41) is 0. The van der Waals surface area contributed by atoms with Gasteiger partial charge in [-0.2, -0.15) is 0 Å². The molecule has 1 heterocycles. The molecule has 0 radical (unpaired) electrons. The lowest BCUT2D eigenvalue weighted by Crippen LogP contribution is -2.29. The number of carbonyl (C=O) groups is 1. The van der Waals surface area contributed by atoms with Crippen LogP contribution in [0.3, 0.4) is 0 Å². The Hall–Kier alpha value is -1.58. The number of anilines is 1. The molecule has 1 saturated heterocycles. The van der Waals surface area contributed by atoms with Gasteiger partial charge in [0.2, 0.25) is 0 Å². The zero-order valence-electron chi connectivity index (χ0n) is 12.4. The molecule has 4 heteroatoms. The van der Waals surface area contributed by atoms with Crippen LogP contribution in [0.25, 0.3) is 0 Å². The van der Waals surface area contributed by atoms with E-state index in [0.29, 0.717) is 30.9 Å². The maximum absolute atomic E-state index is 13.4. The summed E-state index contributed by atoms with van der Waals surface area (Å²) in [5.74, 6) is 0.678.